The molecule has 132 valence electrons. The van der Waals surface area contributed by atoms with Crippen LogP contribution in [0, 0.1) is 5.92 Å². The van der Waals surface area contributed by atoms with E-state index in [0.29, 0.717) is 5.78 Å². The third-order valence-electron chi connectivity index (χ3n) is 3.38. The molecule has 0 N–H and O–H groups in total. The summed E-state index contributed by atoms with van der Waals surface area (Å²) < 4.78 is 61.4. The molecular formula is C14H18F6NOP. The predicted molar refractivity (Wildman–Crippen MR) is 77.1 cm³/mol. The number of rotatable bonds is 2. The van der Waals surface area contributed by atoms with Gasteiger partial charge < -0.3 is 0 Å². The number of hydrogen-bond acceptors (Lipinski definition) is 1. The van der Waals surface area contributed by atoms with Crippen LogP contribution in [0.4, 0.5) is 25.2 Å². The molecule has 0 fully saturated rings. The van der Waals surface area contributed by atoms with Crippen LogP contribution in [-0.2, 0) is 4.79 Å². The minimum absolute atomic E-state index is 0.244. The van der Waals surface area contributed by atoms with Gasteiger partial charge in [0.2, 0.25) is 0 Å². The van der Waals surface area contributed by atoms with Crippen molar-refractivity contribution in [3.8, 4) is 0 Å². The van der Waals surface area contributed by atoms with Crippen molar-refractivity contribution in [1.82, 2.24) is 0 Å². The average Bonchev–Trinajstić information content (AvgIpc) is 2.36. The van der Waals surface area contributed by atoms with Crippen molar-refractivity contribution < 1.29 is 34.5 Å². The van der Waals surface area contributed by atoms with Gasteiger partial charge in [-0.2, -0.15) is 4.57 Å². The zero-order chi connectivity index (χ0) is 18.0. The molecule has 0 saturated heterocycles. The standard InChI is InChI=1S/C14H18NO.F6P/c1-11-10-13(12(2)16)6-7-14(11)15-8-4-3-5-9-15;1-7(2,3,4,5)6/h3-5,8-9,13H,6-7,10H2,1-2H3;/q+1;-1. The van der Waals surface area contributed by atoms with E-state index in [1.807, 2.05) is 18.2 Å². The first kappa shape index (κ1) is 19.6. The molecule has 0 aliphatic heterocycles. The Hall–Kier alpha value is -1.43. The van der Waals surface area contributed by atoms with Crippen molar-refractivity contribution >= 4 is 19.3 Å². The maximum absolute atomic E-state index is 11.4. The van der Waals surface area contributed by atoms with E-state index in [1.165, 1.54) is 11.3 Å². The van der Waals surface area contributed by atoms with E-state index in [4.69, 9.17) is 0 Å². The molecule has 9 heteroatoms. The molecule has 0 spiro atoms. The van der Waals surface area contributed by atoms with E-state index < -0.39 is 7.81 Å². The van der Waals surface area contributed by atoms with E-state index in [-0.39, 0.29) is 5.92 Å². The fraction of sp³-hybridized carbons (Fsp3) is 0.429. The van der Waals surface area contributed by atoms with E-state index in [9.17, 15) is 30.0 Å². The summed E-state index contributed by atoms with van der Waals surface area (Å²) in [7, 11) is -10.7. The Bertz CT molecular complexity index is 597. The Labute approximate surface area is 130 Å². The monoisotopic (exact) mass is 361 g/mol. The Morgan fingerprint density at radius 1 is 1.09 bits per heavy atom. The van der Waals surface area contributed by atoms with Crippen LogP contribution in [0.5, 0.6) is 0 Å². The summed E-state index contributed by atoms with van der Waals surface area (Å²) in [5.74, 6) is 0.574. The molecule has 1 atom stereocenters. The van der Waals surface area contributed by atoms with Gasteiger partial charge in [-0.3, -0.25) is 4.79 Å². The first-order chi connectivity index (χ1) is 10.1. The van der Waals surface area contributed by atoms with Crippen molar-refractivity contribution in [2.45, 2.75) is 33.1 Å². The molecule has 0 bridgehead atoms. The third kappa shape index (κ3) is 9.33. The maximum atomic E-state index is 11.4. The molecule has 0 aromatic carbocycles. The Balaban J connectivity index is 0.000000322. The van der Waals surface area contributed by atoms with E-state index in [1.54, 1.807) is 6.92 Å². The van der Waals surface area contributed by atoms with Gasteiger partial charge in [0.25, 0.3) is 0 Å². The van der Waals surface area contributed by atoms with Gasteiger partial charge in [-0.05, 0) is 32.3 Å². The molecule has 1 aliphatic carbocycles. The summed E-state index contributed by atoms with van der Waals surface area (Å²) in [6.45, 7) is 3.85. The van der Waals surface area contributed by atoms with Gasteiger partial charge in [-0.15, -0.1) is 0 Å². The SMILES string of the molecule is CC(=O)C1CCC([n+]2ccccc2)=C(C)C1.F[P-](F)(F)(F)(F)F. The Morgan fingerprint density at radius 3 is 1.96 bits per heavy atom. The zero-order valence-electron chi connectivity index (χ0n) is 12.7. The zero-order valence-corrected chi connectivity index (χ0v) is 13.6. The molecule has 2 rings (SSSR count). The number of ketones is 1. The Morgan fingerprint density at radius 2 is 1.57 bits per heavy atom. The summed E-state index contributed by atoms with van der Waals surface area (Å²) in [6, 6.07) is 6.10. The number of pyridine rings is 1. The number of allylic oxidation sites excluding steroid dienone is 2. The van der Waals surface area contributed by atoms with Gasteiger partial charge in [0.15, 0.2) is 18.1 Å². The second-order valence-electron chi connectivity index (χ2n) is 5.52. The molecule has 0 radical (unpaired) electrons. The molecular weight excluding hydrogens is 343 g/mol. The van der Waals surface area contributed by atoms with Crippen molar-refractivity contribution in [3.05, 3.63) is 36.2 Å². The number of hydrogen-bond donors (Lipinski definition) is 0. The number of carbonyl (C=O) groups excluding carboxylic acids is 1. The van der Waals surface area contributed by atoms with Crippen molar-refractivity contribution in [2.75, 3.05) is 0 Å². The van der Waals surface area contributed by atoms with Crippen molar-refractivity contribution in [3.63, 3.8) is 0 Å². The summed E-state index contributed by atoms with van der Waals surface area (Å²) in [5.41, 5.74) is 2.71. The first-order valence-corrected chi connectivity index (χ1v) is 8.88. The van der Waals surface area contributed by atoms with Crippen LogP contribution in [0.15, 0.2) is 36.2 Å². The summed E-state index contributed by atoms with van der Waals surface area (Å²) in [5, 5.41) is 0. The molecule has 1 aliphatic rings. The summed E-state index contributed by atoms with van der Waals surface area (Å²) in [4.78, 5) is 11.4. The van der Waals surface area contributed by atoms with Crippen molar-refractivity contribution in [2.24, 2.45) is 5.92 Å². The molecule has 1 unspecified atom stereocenters. The average molecular weight is 361 g/mol. The number of Topliss-reactive ketones (excluding diaryl/α,β-unsaturated/α-hetero) is 1. The molecule has 1 aromatic rings. The molecule has 0 amide bonds. The van der Waals surface area contributed by atoms with Gasteiger partial charge in [0.1, 0.15) is 5.78 Å². The third-order valence-corrected chi connectivity index (χ3v) is 3.38. The molecule has 2 nitrogen and oxygen atoms in total. The number of aromatic nitrogens is 1. The van der Waals surface area contributed by atoms with Crippen LogP contribution in [0.1, 0.15) is 33.1 Å². The second-order valence-corrected chi connectivity index (χ2v) is 7.44. The Kier molecular flexibility index (Phi) is 5.02. The predicted octanol–water partition coefficient (Wildman–Crippen LogP) is 5.98. The fourth-order valence-electron chi connectivity index (χ4n) is 2.39. The summed E-state index contributed by atoms with van der Waals surface area (Å²) >= 11 is 0. The van der Waals surface area contributed by atoms with Gasteiger partial charge in [-0.25, -0.2) is 0 Å². The van der Waals surface area contributed by atoms with E-state index >= 15 is 0 Å². The topological polar surface area (TPSA) is 20.9 Å². The van der Waals surface area contributed by atoms with Crippen molar-refractivity contribution in [1.29, 1.82) is 0 Å². The summed E-state index contributed by atoms with van der Waals surface area (Å²) in [6.07, 6.45) is 7.07. The fourth-order valence-corrected chi connectivity index (χ4v) is 2.39. The number of carbonyl (C=O) groups is 1. The van der Waals surface area contributed by atoms with Gasteiger partial charge in [0.05, 0.1) is 0 Å². The molecule has 1 heterocycles. The molecule has 0 saturated carbocycles. The van der Waals surface area contributed by atoms with E-state index in [0.717, 1.165) is 19.3 Å². The van der Waals surface area contributed by atoms with Gasteiger partial charge >= 0.3 is 33.0 Å². The van der Waals surface area contributed by atoms with Crippen LogP contribution in [0.3, 0.4) is 0 Å². The number of nitrogens with zero attached hydrogens (tertiary/aromatic N) is 1. The van der Waals surface area contributed by atoms with Gasteiger partial charge in [0, 0.05) is 24.5 Å². The first-order valence-electron chi connectivity index (χ1n) is 6.85. The van der Waals surface area contributed by atoms with E-state index in [2.05, 4.69) is 23.9 Å². The van der Waals surface area contributed by atoms with Crippen LogP contribution in [0.25, 0.3) is 5.70 Å². The normalized spacial score (nSPS) is 21.7. The van der Waals surface area contributed by atoms with Crippen LogP contribution < -0.4 is 4.57 Å². The molecule has 1 aromatic heterocycles. The number of halogens is 6. The minimum atomic E-state index is -10.7. The van der Waals surface area contributed by atoms with Crippen LogP contribution >= 0.6 is 7.81 Å². The second kappa shape index (κ2) is 5.89. The van der Waals surface area contributed by atoms with Crippen LogP contribution in [0.2, 0.25) is 0 Å². The van der Waals surface area contributed by atoms with Gasteiger partial charge in [-0.1, -0.05) is 6.07 Å². The van der Waals surface area contributed by atoms with Crippen LogP contribution in [-0.4, -0.2) is 5.78 Å². The quantitative estimate of drug-likeness (QED) is 0.361. The molecule has 23 heavy (non-hydrogen) atoms.